The highest BCUT2D eigenvalue weighted by atomic mass is 19.1. The van der Waals surface area contributed by atoms with E-state index >= 15 is 0 Å². The van der Waals surface area contributed by atoms with E-state index in [2.05, 4.69) is 6.92 Å². The smallest absolute Gasteiger partial charge is 0.168 e. The van der Waals surface area contributed by atoms with Crippen LogP contribution in [0.5, 0.6) is 11.5 Å². The summed E-state index contributed by atoms with van der Waals surface area (Å²) in [6.07, 6.45) is 0. The van der Waals surface area contributed by atoms with Gasteiger partial charge in [0.1, 0.15) is 17.4 Å². The van der Waals surface area contributed by atoms with E-state index in [0.29, 0.717) is 6.07 Å². The van der Waals surface area contributed by atoms with Crippen molar-refractivity contribution < 1.29 is 17.9 Å². The predicted molar refractivity (Wildman–Crippen MR) is 57.3 cm³/mol. The fourth-order valence-corrected chi connectivity index (χ4v) is 1.28. The van der Waals surface area contributed by atoms with Crippen LogP contribution in [0.25, 0.3) is 0 Å². The second kappa shape index (κ2) is 4.49. The van der Waals surface area contributed by atoms with Crippen LogP contribution in [0.15, 0.2) is 36.4 Å². The van der Waals surface area contributed by atoms with Gasteiger partial charge in [-0.05, 0) is 42.8 Å². The molecule has 0 spiro atoms. The first-order valence-electron chi connectivity index (χ1n) is 4.80. The molecule has 0 aliphatic heterocycles. The van der Waals surface area contributed by atoms with Gasteiger partial charge in [0, 0.05) is 6.07 Å². The van der Waals surface area contributed by atoms with Gasteiger partial charge >= 0.3 is 0 Å². The molecule has 2 rings (SSSR count). The summed E-state index contributed by atoms with van der Waals surface area (Å²) in [6.45, 7) is 3.40. The van der Waals surface area contributed by atoms with Crippen molar-refractivity contribution in [3.63, 3.8) is 0 Å². The molecule has 0 atom stereocenters. The lowest BCUT2D eigenvalue weighted by Gasteiger charge is -2.08. The van der Waals surface area contributed by atoms with E-state index in [0.717, 1.165) is 6.07 Å². The van der Waals surface area contributed by atoms with Crippen molar-refractivity contribution in [2.75, 3.05) is 0 Å². The molecule has 0 amide bonds. The Morgan fingerprint density at radius 3 is 2.18 bits per heavy atom. The molecule has 0 aromatic heterocycles. The summed E-state index contributed by atoms with van der Waals surface area (Å²) in [7, 11) is 0. The monoisotopic (exact) mass is 237 g/mol. The van der Waals surface area contributed by atoms with E-state index in [1.807, 2.05) is 0 Å². The summed E-state index contributed by atoms with van der Waals surface area (Å²) in [5.41, 5.74) is 0.0310. The Labute approximate surface area is 96.5 Å². The first kappa shape index (κ1) is 11.5. The van der Waals surface area contributed by atoms with Crippen LogP contribution in [0, 0.1) is 24.4 Å². The number of hydrogen-bond acceptors (Lipinski definition) is 1. The van der Waals surface area contributed by atoms with Crippen molar-refractivity contribution >= 4 is 0 Å². The summed E-state index contributed by atoms with van der Waals surface area (Å²) < 4.78 is 44.1. The fraction of sp³-hybridized carbons (Fsp3) is 0. The Hall–Kier alpha value is -1.97. The molecule has 0 bridgehead atoms. The average molecular weight is 237 g/mol. The number of halogens is 3. The maximum absolute atomic E-state index is 13.3. The van der Waals surface area contributed by atoms with Crippen molar-refractivity contribution in [1.82, 2.24) is 0 Å². The normalized spacial score (nSPS) is 10.4. The van der Waals surface area contributed by atoms with Crippen LogP contribution in [0.3, 0.4) is 0 Å². The van der Waals surface area contributed by atoms with E-state index in [1.54, 1.807) is 0 Å². The molecule has 0 unspecified atom stereocenters. The van der Waals surface area contributed by atoms with Crippen molar-refractivity contribution in [2.24, 2.45) is 0 Å². The molecule has 0 aliphatic carbocycles. The van der Waals surface area contributed by atoms with E-state index in [4.69, 9.17) is 4.74 Å². The zero-order valence-corrected chi connectivity index (χ0v) is 8.71. The van der Waals surface area contributed by atoms with Crippen LogP contribution in [0.1, 0.15) is 5.56 Å². The van der Waals surface area contributed by atoms with Crippen LogP contribution in [-0.4, -0.2) is 0 Å². The highest BCUT2D eigenvalue weighted by Gasteiger charge is 2.09. The molecule has 4 heteroatoms. The zero-order valence-electron chi connectivity index (χ0n) is 8.71. The Morgan fingerprint density at radius 2 is 1.53 bits per heavy atom. The van der Waals surface area contributed by atoms with E-state index < -0.39 is 17.5 Å². The summed E-state index contributed by atoms with van der Waals surface area (Å²) in [5, 5.41) is 0. The number of benzene rings is 2. The molecule has 0 fully saturated rings. The van der Waals surface area contributed by atoms with Crippen molar-refractivity contribution in [3.8, 4) is 11.5 Å². The van der Waals surface area contributed by atoms with Gasteiger partial charge in [-0.15, -0.1) is 0 Å². The van der Waals surface area contributed by atoms with Crippen LogP contribution in [0.2, 0.25) is 0 Å². The minimum absolute atomic E-state index is 0.0310. The van der Waals surface area contributed by atoms with E-state index in [1.165, 1.54) is 24.3 Å². The summed E-state index contributed by atoms with van der Waals surface area (Å²) in [6, 6.07) is 6.90. The lowest BCUT2D eigenvalue weighted by molar-refractivity contribution is 0.436. The average Bonchev–Trinajstić information content (AvgIpc) is 2.29. The van der Waals surface area contributed by atoms with Crippen LogP contribution in [-0.2, 0) is 0 Å². The maximum Gasteiger partial charge on any atom is 0.168 e. The van der Waals surface area contributed by atoms with Crippen molar-refractivity contribution in [3.05, 3.63) is 66.3 Å². The molecule has 0 heterocycles. The highest BCUT2D eigenvalue weighted by Crippen LogP contribution is 2.26. The Balaban J connectivity index is 2.30. The number of rotatable bonds is 2. The third kappa shape index (κ3) is 2.58. The lowest BCUT2D eigenvalue weighted by Crippen LogP contribution is -1.92. The minimum Gasteiger partial charge on any atom is -0.454 e. The van der Waals surface area contributed by atoms with Crippen molar-refractivity contribution in [2.45, 2.75) is 0 Å². The highest BCUT2D eigenvalue weighted by molar-refractivity contribution is 5.37. The van der Waals surface area contributed by atoms with Crippen molar-refractivity contribution in [1.29, 1.82) is 0 Å². The molecule has 1 radical (unpaired) electrons. The second-order valence-electron chi connectivity index (χ2n) is 3.43. The fourth-order valence-electron chi connectivity index (χ4n) is 1.28. The third-order valence-corrected chi connectivity index (χ3v) is 2.14. The molecule has 0 aliphatic rings. The molecule has 0 saturated heterocycles. The summed E-state index contributed by atoms with van der Waals surface area (Å²) in [5.74, 6) is -1.89. The van der Waals surface area contributed by atoms with Crippen LogP contribution >= 0.6 is 0 Å². The van der Waals surface area contributed by atoms with E-state index in [-0.39, 0.29) is 17.1 Å². The minimum atomic E-state index is -0.834. The molecular formula is C13H8F3O. The van der Waals surface area contributed by atoms with Crippen LogP contribution in [0.4, 0.5) is 13.2 Å². The van der Waals surface area contributed by atoms with Gasteiger partial charge in [0.15, 0.2) is 11.6 Å². The first-order chi connectivity index (χ1) is 8.06. The second-order valence-corrected chi connectivity index (χ2v) is 3.43. The quantitative estimate of drug-likeness (QED) is 0.764. The molecule has 0 N–H and O–H groups in total. The van der Waals surface area contributed by atoms with Gasteiger partial charge in [0.25, 0.3) is 0 Å². The van der Waals surface area contributed by atoms with Gasteiger partial charge in [0.05, 0.1) is 0 Å². The Morgan fingerprint density at radius 1 is 0.882 bits per heavy atom. The molecule has 0 saturated carbocycles. The number of hydrogen-bond donors (Lipinski definition) is 0. The van der Waals surface area contributed by atoms with Gasteiger partial charge in [-0.25, -0.2) is 13.2 Å². The molecule has 2 aromatic carbocycles. The van der Waals surface area contributed by atoms with Gasteiger partial charge in [-0.3, -0.25) is 0 Å². The van der Waals surface area contributed by atoms with Gasteiger partial charge in [0.2, 0.25) is 0 Å². The molecule has 17 heavy (non-hydrogen) atoms. The van der Waals surface area contributed by atoms with Gasteiger partial charge in [-0.1, -0.05) is 0 Å². The third-order valence-electron chi connectivity index (χ3n) is 2.14. The molecule has 2 aromatic rings. The number of ether oxygens (including phenoxy) is 1. The predicted octanol–water partition coefficient (Wildman–Crippen LogP) is 4.08. The molecule has 1 nitrogen and oxygen atoms in total. The summed E-state index contributed by atoms with van der Waals surface area (Å²) in [4.78, 5) is 0. The lowest BCUT2D eigenvalue weighted by atomic mass is 10.2. The molecule has 87 valence electrons. The largest absolute Gasteiger partial charge is 0.454 e. The van der Waals surface area contributed by atoms with Crippen LogP contribution < -0.4 is 4.74 Å². The molecular weight excluding hydrogens is 229 g/mol. The zero-order chi connectivity index (χ0) is 12.4. The SMILES string of the molecule is [CH2]c1cc(Oc2ccc(F)cc2)c(F)cc1F. The maximum atomic E-state index is 13.3. The Kier molecular flexibility index (Phi) is 3.04. The summed E-state index contributed by atoms with van der Waals surface area (Å²) >= 11 is 0. The topological polar surface area (TPSA) is 9.23 Å². The van der Waals surface area contributed by atoms with E-state index in [9.17, 15) is 13.2 Å². The Bertz CT molecular complexity index is 535. The first-order valence-corrected chi connectivity index (χ1v) is 4.80. The van der Waals surface area contributed by atoms with Gasteiger partial charge < -0.3 is 4.74 Å². The van der Waals surface area contributed by atoms with Gasteiger partial charge in [-0.2, -0.15) is 0 Å². The standard InChI is InChI=1S/C13H8F3O/c1-8-6-13(12(16)7-11(8)15)17-10-4-2-9(14)3-5-10/h2-7H,1H2.